The molecule has 21 heavy (non-hydrogen) atoms. The van der Waals surface area contributed by atoms with Crippen LogP contribution < -0.4 is 0 Å². The number of aliphatic carboxylic acids is 1. The summed E-state index contributed by atoms with van der Waals surface area (Å²) < 4.78 is 0. The van der Waals surface area contributed by atoms with Crippen molar-refractivity contribution in [2.45, 2.75) is 12.8 Å². The first-order chi connectivity index (χ1) is 10.1. The average molecular weight is 284 g/mol. The molecule has 4 nitrogen and oxygen atoms in total. The Labute approximate surface area is 122 Å². The van der Waals surface area contributed by atoms with Crippen LogP contribution in [0.4, 0.5) is 0 Å². The summed E-state index contributed by atoms with van der Waals surface area (Å²) in [5, 5.41) is 28.4. The van der Waals surface area contributed by atoms with Gasteiger partial charge in [0.15, 0.2) is 11.5 Å². The molecular formula is C17H16O4. The molecule has 2 aromatic rings. The number of hydrogen-bond donors (Lipinski definition) is 3. The fraction of sp³-hybridized carbons (Fsp3) is 0.118. The zero-order valence-corrected chi connectivity index (χ0v) is 11.4. The second kappa shape index (κ2) is 6.61. The number of carboxylic acid groups (broad SMARTS) is 1. The second-order valence-electron chi connectivity index (χ2n) is 4.68. The number of aromatic hydroxyl groups is 2. The SMILES string of the molecule is O=C(O)/C(=C/c1cccc(O)c1O)CCc1ccccc1. The Kier molecular flexibility index (Phi) is 4.61. The molecule has 0 bridgehead atoms. The molecule has 2 aromatic carbocycles. The summed E-state index contributed by atoms with van der Waals surface area (Å²) in [6.07, 6.45) is 2.33. The Morgan fingerprint density at radius 3 is 2.38 bits per heavy atom. The van der Waals surface area contributed by atoms with Crippen LogP contribution in [0.25, 0.3) is 6.08 Å². The second-order valence-corrected chi connectivity index (χ2v) is 4.68. The molecule has 0 unspecified atom stereocenters. The third kappa shape index (κ3) is 3.86. The molecule has 3 N–H and O–H groups in total. The molecular weight excluding hydrogens is 268 g/mol. The molecule has 0 aliphatic carbocycles. The molecule has 0 radical (unpaired) electrons. The van der Waals surface area contributed by atoms with Crippen molar-refractivity contribution in [3.63, 3.8) is 0 Å². The third-order valence-electron chi connectivity index (χ3n) is 3.18. The Hall–Kier alpha value is -2.75. The molecule has 0 spiro atoms. The van der Waals surface area contributed by atoms with Gasteiger partial charge in [-0.1, -0.05) is 42.5 Å². The largest absolute Gasteiger partial charge is 0.504 e. The van der Waals surface area contributed by atoms with Gasteiger partial charge < -0.3 is 15.3 Å². The smallest absolute Gasteiger partial charge is 0.331 e. The summed E-state index contributed by atoms with van der Waals surface area (Å²) in [4.78, 5) is 11.3. The van der Waals surface area contributed by atoms with E-state index in [0.717, 1.165) is 5.56 Å². The topological polar surface area (TPSA) is 77.8 Å². The maximum absolute atomic E-state index is 11.3. The lowest BCUT2D eigenvalue weighted by molar-refractivity contribution is -0.132. The lowest BCUT2D eigenvalue weighted by Gasteiger charge is -2.06. The molecule has 0 atom stereocenters. The number of benzene rings is 2. The van der Waals surface area contributed by atoms with E-state index in [4.69, 9.17) is 0 Å². The van der Waals surface area contributed by atoms with E-state index in [1.54, 1.807) is 12.1 Å². The van der Waals surface area contributed by atoms with Crippen molar-refractivity contribution in [2.24, 2.45) is 0 Å². The van der Waals surface area contributed by atoms with Gasteiger partial charge in [0.25, 0.3) is 0 Å². The third-order valence-corrected chi connectivity index (χ3v) is 3.18. The van der Waals surface area contributed by atoms with E-state index >= 15 is 0 Å². The first-order valence-electron chi connectivity index (χ1n) is 6.56. The fourth-order valence-electron chi connectivity index (χ4n) is 2.02. The van der Waals surface area contributed by atoms with Crippen LogP contribution in [0.2, 0.25) is 0 Å². The predicted octanol–water partition coefficient (Wildman–Crippen LogP) is 3.20. The van der Waals surface area contributed by atoms with E-state index in [1.807, 2.05) is 30.3 Å². The highest BCUT2D eigenvalue weighted by Crippen LogP contribution is 2.30. The number of aryl methyl sites for hydroxylation is 1. The number of carbonyl (C=O) groups is 1. The van der Waals surface area contributed by atoms with Gasteiger partial charge in [-0.3, -0.25) is 0 Å². The molecule has 0 saturated carbocycles. The minimum Gasteiger partial charge on any atom is -0.504 e. The Balaban J connectivity index is 2.21. The Bertz CT molecular complexity index is 660. The highest BCUT2D eigenvalue weighted by atomic mass is 16.4. The van der Waals surface area contributed by atoms with E-state index in [9.17, 15) is 20.1 Å². The van der Waals surface area contributed by atoms with E-state index in [1.165, 1.54) is 12.1 Å². The van der Waals surface area contributed by atoms with Crippen molar-refractivity contribution in [3.05, 3.63) is 65.2 Å². The molecule has 0 heterocycles. The fourth-order valence-corrected chi connectivity index (χ4v) is 2.02. The predicted molar refractivity (Wildman–Crippen MR) is 80.1 cm³/mol. The van der Waals surface area contributed by atoms with Crippen molar-refractivity contribution in [2.75, 3.05) is 0 Å². The molecule has 0 saturated heterocycles. The maximum atomic E-state index is 11.3. The zero-order valence-electron chi connectivity index (χ0n) is 11.4. The van der Waals surface area contributed by atoms with Crippen LogP contribution in [-0.4, -0.2) is 21.3 Å². The first kappa shape index (κ1) is 14.7. The number of phenols is 2. The number of rotatable bonds is 5. The summed E-state index contributed by atoms with van der Waals surface area (Å²) in [5.74, 6) is -1.61. The van der Waals surface area contributed by atoms with Crippen LogP contribution in [0.1, 0.15) is 17.5 Å². The van der Waals surface area contributed by atoms with Crippen molar-refractivity contribution in [1.29, 1.82) is 0 Å². The number of hydrogen-bond acceptors (Lipinski definition) is 3. The summed E-state index contributed by atoms with van der Waals surface area (Å²) >= 11 is 0. The summed E-state index contributed by atoms with van der Waals surface area (Å²) in [6.45, 7) is 0. The van der Waals surface area contributed by atoms with Gasteiger partial charge in [0.2, 0.25) is 0 Å². The van der Waals surface area contributed by atoms with E-state index in [-0.39, 0.29) is 17.1 Å². The van der Waals surface area contributed by atoms with Crippen LogP contribution in [-0.2, 0) is 11.2 Å². The lowest BCUT2D eigenvalue weighted by Crippen LogP contribution is -2.02. The van der Waals surface area contributed by atoms with Gasteiger partial charge in [0.05, 0.1) is 0 Å². The zero-order chi connectivity index (χ0) is 15.2. The monoisotopic (exact) mass is 284 g/mol. The van der Waals surface area contributed by atoms with Gasteiger partial charge in [0.1, 0.15) is 0 Å². The van der Waals surface area contributed by atoms with Gasteiger partial charge >= 0.3 is 5.97 Å². The summed E-state index contributed by atoms with van der Waals surface area (Å²) in [7, 11) is 0. The van der Waals surface area contributed by atoms with Gasteiger partial charge in [-0.25, -0.2) is 4.79 Å². The average Bonchev–Trinajstić information content (AvgIpc) is 2.48. The van der Waals surface area contributed by atoms with E-state index in [2.05, 4.69) is 0 Å². The molecule has 0 fully saturated rings. The summed E-state index contributed by atoms with van der Waals surface area (Å²) in [6, 6.07) is 14.0. The van der Waals surface area contributed by atoms with E-state index in [0.29, 0.717) is 18.4 Å². The van der Waals surface area contributed by atoms with Gasteiger partial charge in [0, 0.05) is 11.1 Å². The highest BCUT2D eigenvalue weighted by molar-refractivity contribution is 5.92. The van der Waals surface area contributed by atoms with Crippen molar-refractivity contribution >= 4 is 12.0 Å². The van der Waals surface area contributed by atoms with E-state index < -0.39 is 5.97 Å². The number of phenolic OH excluding ortho intramolecular Hbond substituents is 2. The van der Waals surface area contributed by atoms with Crippen LogP contribution in [0.3, 0.4) is 0 Å². The van der Waals surface area contributed by atoms with Crippen molar-refractivity contribution in [1.82, 2.24) is 0 Å². The van der Waals surface area contributed by atoms with Crippen molar-refractivity contribution in [3.8, 4) is 11.5 Å². The molecule has 0 aliphatic heterocycles. The molecule has 2 rings (SSSR count). The maximum Gasteiger partial charge on any atom is 0.331 e. The van der Waals surface area contributed by atoms with Crippen LogP contribution in [0, 0.1) is 0 Å². The highest BCUT2D eigenvalue weighted by Gasteiger charge is 2.10. The summed E-state index contributed by atoms with van der Waals surface area (Å²) in [5.41, 5.74) is 1.52. The Morgan fingerprint density at radius 1 is 1.00 bits per heavy atom. The molecule has 0 aliphatic rings. The van der Waals surface area contributed by atoms with Gasteiger partial charge in [-0.2, -0.15) is 0 Å². The lowest BCUT2D eigenvalue weighted by atomic mass is 10.0. The van der Waals surface area contributed by atoms with Crippen LogP contribution in [0.5, 0.6) is 11.5 Å². The molecule has 0 amide bonds. The molecule has 4 heteroatoms. The molecule has 0 aromatic heterocycles. The quantitative estimate of drug-likeness (QED) is 0.582. The Morgan fingerprint density at radius 2 is 1.71 bits per heavy atom. The number of para-hydroxylation sites is 1. The first-order valence-corrected chi connectivity index (χ1v) is 6.56. The van der Waals surface area contributed by atoms with Gasteiger partial charge in [-0.15, -0.1) is 0 Å². The normalized spacial score (nSPS) is 11.3. The standard InChI is InChI=1S/C17H16O4/c18-15-8-4-7-13(16(15)19)11-14(17(20)21)10-9-12-5-2-1-3-6-12/h1-8,11,18-19H,9-10H2,(H,20,21)/b14-11+. The van der Waals surface area contributed by atoms with Gasteiger partial charge in [-0.05, 0) is 30.5 Å². The van der Waals surface area contributed by atoms with Crippen LogP contribution >= 0.6 is 0 Å². The van der Waals surface area contributed by atoms with Crippen molar-refractivity contribution < 1.29 is 20.1 Å². The minimum atomic E-state index is -1.03. The molecule has 108 valence electrons. The number of carboxylic acids is 1. The minimum absolute atomic E-state index is 0.180. The van der Waals surface area contributed by atoms with Crippen LogP contribution in [0.15, 0.2) is 54.1 Å².